The molecule has 118 valence electrons. The van der Waals surface area contributed by atoms with Crippen molar-refractivity contribution in [2.45, 2.75) is 78.8 Å². The van der Waals surface area contributed by atoms with E-state index >= 15 is 0 Å². The van der Waals surface area contributed by atoms with Gasteiger partial charge >= 0.3 is 12.0 Å². The molecule has 20 heavy (non-hydrogen) atoms. The summed E-state index contributed by atoms with van der Waals surface area (Å²) >= 11 is 0. The zero-order valence-corrected chi connectivity index (χ0v) is 13.5. The van der Waals surface area contributed by atoms with Crippen LogP contribution in [0.5, 0.6) is 0 Å². The second-order valence-corrected chi connectivity index (χ2v) is 6.51. The van der Waals surface area contributed by atoms with Gasteiger partial charge in [-0.25, -0.2) is 9.59 Å². The van der Waals surface area contributed by atoms with Crippen LogP contribution >= 0.6 is 0 Å². The number of carboxylic acids is 1. The van der Waals surface area contributed by atoms with Crippen LogP contribution in [0.4, 0.5) is 4.79 Å². The van der Waals surface area contributed by atoms with Crippen molar-refractivity contribution in [3.05, 3.63) is 0 Å². The van der Waals surface area contributed by atoms with Crippen LogP contribution in [0.1, 0.15) is 66.7 Å². The summed E-state index contributed by atoms with van der Waals surface area (Å²) in [7, 11) is 0. The van der Waals surface area contributed by atoms with Crippen molar-refractivity contribution >= 4 is 12.0 Å². The van der Waals surface area contributed by atoms with Crippen LogP contribution in [-0.4, -0.2) is 29.2 Å². The lowest BCUT2D eigenvalue weighted by Crippen LogP contribution is -2.53. The fourth-order valence-corrected chi connectivity index (χ4v) is 1.99. The lowest BCUT2D eigenvalue weighted by molar-refractivity contribution is -0.141. The maximum atomic E-state index is 11.8. The highest BCUT2D eigenvalue weighted by Gasteiger charge is 2.32. The number of carboxylic acid groups (broad SMARTS) is 1. The van der Waals surface area contributed by atoms with Gasteiger partial charge in [-0.3, -0.25) is 0 Å². The van der Waals surface area contributed by atoms with Gasteiger partial charge in [0.05, 0.1) is 0 Å². The first-order valence-electron chi connectivity index (χ1n) is 7.48. The summed E-state index contributed by atoms with van der Waals surface area (Å²) < 4.78 is 0. The first kappa shape index (κ1) is 18.7. The molecule has 0 aliphatic rings. The molecule has 0 saturated heterocycles. The van der Waals surface area contributed by atoms with Gasteiger partial charge in [-0.15, -0.1) is 0 Å². The van der Waals surface area contributed by atoms with E-state index in [4.69, 9.17) is 5.11 Å². The maximum Gasteiger partial charge on any atom is 0.326 e. The van der Waals surface area contributed by atoms with Gasteiger partial charge in [0.1, 0.15) is 6.04 Å². The number of hydrogen-bond acceptors (Lipinski definition) is 2. The Bertz CT molecular complexity index is 311. The van der Waals surface area contributed by atoms with Crippen LogP contribution in [-0.2, 0) is 4.79 Å². The van der Waals surface area contributed by atoms with E-state index < -0.39 is 23.5 Å². The van der Waals surface area contributed by atoms with Crippen molar-refractivity contribution in [3.63, 3.8) is 0 Å². The molecule has 0 heterocycles. The number of nitrogens with one attached hydrogen (secondary N) is 2. The monoisotopic (exact) mass is 286 g/mol. The molecule has 0 aromatic carbocycles. The van der Waals surface area contributed by atoms with Gasteiger partial charge in [-0.2, -0.15) is 0 Å². The lowest BCUT2D eigenvalue weighted by Gasteiger charge is -2.28. The van der Waals surface area contributed by atoms with Gasteiger partial charge in [0.15, 0.2) is 0 Å². The van der Waals surface area contributed by atoms with Gasteiger partial charge in [0.2, 0.25) is 0 Å². The van der Waals surface area contributed by atoms with Crippen molar-refractivity contribution in [1.82, 2.24) is 10.6 Å². The van der Waals surface area contributed by atoms with Crippen LogP contribution in [0.3, 0.4) is 0 Å². The molecule has 0 radical (unpaired) electrons. The summed E-state index contributed by atoms with van der Waals surface area (Å²) in [6.07, 6.45) is 5.57. The topological polar surface area (TPSA) is 78.4 Å². The zero-order valence-electron chi connectivity index (χ0n) is 13.5. The summed E-state index contributed by atoms with van der Waals surface area (Å²) in [5.74, 6) is -1.01. The molecular formula is C15H30N2O3. The van der Waals surface area contributed by atoms with E-state index in [0.717, 1.165) is 12.8 Å². The van der Waals surface area contributed by atoms with E-state index in [1.54, 1.807) is 20.8 Å². The van der Waals surface area contributed by atoms with Crippen molar-refractivity contribution in [1.29, 1.82) is 0 Å². The molecule has 0 aromatic rings. The molecule has 2 amide bonds. The molecule has 3 N–H and O–H groups in total. The number of aliphatic carboxylic acids is 1. The molecule has 0 rings (SSSR count). The minimum atomic E-state index is -1.01. The normalized spacial score (nSPS) is 14.4. The fraction of sp³-hybridized carbons (Fsp3) is 0.867. The SMILES string of the molecule is CCCCCCC(C)NC(=O)N[C@H](C(=O)O)C(C)(C)C. The second-order valence-electron chi connectivity index (χ2n) is 6.51. The summed E-state index contributed by atoms with van der Waals surface area (Å²) in [5, 5.41) is 14.5. The predicted molar refractivity (Wildman–Crippen MR) is 80.8 cm³/mol. The third-order valence-corrected chi connectivity index (χ3v) is 3.26. The highest BCUT2D eigenvalue weighted by Crippen LogP contribution is 2.19. The first-order chi connectivity index (χ1) is 9.18. The Balaban J connectivity index is 4.16. The summed E-state index contributed by atoms with van der Waals surface area (Å²) in [4.78, 5) is 23.0. The smallest absolute Gasteiger partial charge is 0.326 e. The average Bonchev–Trinajstić information content (AvgIpc) is 2.30. The Kier molecular flexibility index (Phi) is 8.26. The first-order valence-corrected chi connectivity index (χ1v) is 7.48. The Morgan fingerprint density at radius 3 is 2.15 bits per heavy atom. The molecular weight excluding hydrogens is 256 g/mol. The quantitative estimate of drug-likeness (QED) is 0.600. The number of rotatable bonds is 8. The van der Waals surface area contributed by atoms with Crippen molar-refractivity contribution in [3.8, 4) is 0 Å². The summed E-state index contributed by atoms with van der Waals surface area (Å²) in [6.45, 7) is 9.48. The number of amides is 2. The van der Waals surface area contributed by atoms with Gasteiger partial charge in [0.25, 0.3) is 0 Å². The molecule has 0 fully saturated rings. The number of hydrogen-bond donors (Lipinski definition) is 3. The van der Waals surface area contributed by atoms with E-state index in [1.807, 2.05) is 6.92 Å². The van der Waals surface area contributed by atoms with E-state index in [-0.39, 0.29) is 6.04 Å². The minimum Gasteiger partial charge on any atom is -0.480 e. The number of carbonyl (C=O) groups excluding carboxylic acids is 1. The van der Waals surface area contributed by atoms with Gasteiger partial charge in [0, 0.05) is 6.04 Å². The number of carbonyl (C=O) groups is 2. The van der Waals surface area contributed by atoms with Crippen LogP contribution in [0, 0.1) is 5.41 Å². The molecule has 5 heteroatoms. The Labute approximate surface area is 122 Å². The van der Waals surface area contributed by atoms with Crippen molar-refractivity contribution in [2.24, 2.45) is 5.41 Å². The predicted octanol–water partition coefficient (Wildman–Crippen LogP) is 3.14. The van der Waals surface area contributed by atoms with Crippen LogP contribution in [0.2, 0.25) is 0 Å². The molecule has 0 aliphatic carbocycles. The zero-order chi connectivity index (χ0) is 15.8. The Morgan fingerprint density at radius 1 is 1.10 bits per heavy atom. The molecule has 0 aromatic heterocycles. The highest BCUT2D eigenvalue weighted by molar-refractivity contribution is 5.83. The second kappa shape index (κ2) is 8.82. The van der Waals surface area contributed by atoms with Gasteiger partial charge < -0.3 is 15.7 Å². The fourth-order valence-electron chi connectivity index (χ4n) is 1.99. The Morgan fingerprint density at radius 2 is 1.70 bits per heavy atom. The molecule has 0 bridgehead atoms. The molecule has 0 aliphatic heterocycles. The third kappa shape index (κ3) is 8.02. The summed E-state index contributed by atoms with van der Waals surface area (Å²) in [6, 6.07) is -1.24. The average molecular weight is 286 g/mol. The minimum absolute atomic E-state index is 0.0567. The van der Waals surface area contributed by atoms with Gasteiger partial charge in [-0.1, -0.05) is 53.4 Å². The summed E-state index contributed by atoms with van der Waals surface area (Å²) in [5.41, 5.74) is -0.520. The molecule has 1 unspecified atom stereocenters. The van der Waals surface area contributed by atoms with Crippen molar-refractivity contribution in [2.75, 3.05) is 0 Å². The molecule has 0 saturated carbocycles. The lowest BCUT2D eigenvalue weighted by atomic mass is 9.87. The number of urea groups is 1. The van der Waals surface area contributed by atoms with E-state index in [0.29, 0.717) is 0 Å². The van der Waals surface area contributed by atoms with Crippen LogP contribution in [0.15, 0.2) is 0 Å². The molecule has 2 atom stereocenters. The third-order valence-electron chi connectivity index (χ3n) is 3.26. The highest BCUT2D eigenvalue weighted by atomic mass is 16.4. The largest absolute Gasteiger partial charge is 0.480 e. The van der Waals surface area contributed by atoms with Crippen LogP contribution in [0.25, 0.3) is 0 Å². The van der Waals surface area contributed by atoms with Crippen molar-refractivity contribution < 1.29 is 14.7 Å². The Hall–Kier alpha value is -1.26. The van der Waals surface area contributed by atoms with Gasteiger partial charge in [-0.05, 0) is 18.8 Å². The van der Waals surface area contributed by atoms with E-state index in [9.17, 15) is 9.59 Å². The van der Waals surface area contributed by atoms with E-state index in [1.165, 1.54) is 19.3 Å². The maximum absolute atomic E-state index is 11.8. The van der Waals surface area contributed by atoms with Crippen LogP contribution < -0.4 is 10.6 Å². The van der Waals surface area contributed by atoms with E-state index in [2.05, 4.69) is 17.6 Å². The molecule has 0 spiro atoms. The standard InChI is InChI=1S/C15H30N2O3/c1-6-7-8-9-10-11(2)16-14(20)17-12(13(18)19)15(3,4)5/h11-12H,6-10H2,1-5H3,(H,18,19)(H2,16,17,20)/t11?,12-/m1/s1. The molecule has 5 nitrogen and oxygen atoms in total. The number of unbranched alkanes of at least 4 members (excludes halogenated alkanes) is 3.